The quantitative estimate of drug-likeness (QED) is 0.631. The van der Waals surface area contributed by atoms with E-state index in [1.165, 1.54) is 16.9 Å². The van der Waals surface area contributed by atoms with Gasteiger partial charge in [-0.2, -0.15) is 0 Å². The highest BCUT2D eigenvalue weighted by Crippen LogP contribution is 2.31. The van der Waals surface area contributed by atoms with Crippen LogP contribution < -0.4 is 20.3 Å². The van der Waals surface area contributed by atoms with Gasteiger partial charge in [-0.3, -0.25) is 20.4 Å². The summed E-state index contributed by atoms with van der Waals surface area (Å²) < 4.78 is 11.2. The van der Waals surface area contributed by atoms with Crippen molar-refractivity contribution in [3.63, 3.8) is 0 Å². The van der Waals surface area contributed by atoms with Crippen LogP contribution in [0.2, 0.25) is 0 Å². The Bertz CT molecular complexity index is 1130. The highest BCUT2D eigenvalue weighted by Gasteiger charge is 2.28. The van der Waals surface area contributed by atoms with Crippen molar-refractivity contribution in [2.75, 3.05) is 6.61 Å². The maximum Gasteiger partial charge on any atom is 0.283 e. The molecule has 3 aromatic rings. The van der Waals surface area contributed by atoms with Crippen LogP contribution in [0, 0.1) is 20.8 Å². The lowest BCUT2D eigenvalue weighted by atomic mass is 10.1. The van der Waals surface area contributed by atoms with Crippen LogP contribution in [0.15, 0.2) is 42.5 Å². The van der Waals surface area contributed by atoms with Crippen molar-refractivity contribution in [2.24, 2.45) is 0 Å². The van der Waals surface area contributed by atoms with E-state index in [1.807, 2.05) is 32.0 Å². The van der Waals surface area contributed by atoms with E-state index in [1.54, 1.807) is 25.1 Å². The first-order valence-corrected chi connectivity index (χ1v) is 10.3. The van der Waals surface area contributed by atoms with Gasteiger partial charge in [0, 0.05) is 5.56 Å². The number of fused-ring (bicyclic) bond motifs is 1. The molecule has 7 nitrogen and oxygen atoms in total. The van der Waals surface area contributed by atoms with Crippen LogP contribution in [0.25, 0.3) is 10.6 Å². The van der Waals surface area contributed by atoms with Gasteiger partial charge in [-0.1, -0.05) is 35.9 Å². The van der Waals surface area contributed by atoms with Gasteiger partial charge in [0.05, 0.1) is 5.69 Å². The summed E-state index contributed by atoms with van der Waals surface area (Å²) in [5, 5.41) is 0.766. The number of hydrogen-bond donors (Lipinski definition) is 2. The molecule has 1 atom stereocenters. The molecule has 1 unspecified atom stereocenters. The molecule has 4 rings (SSSR count). The molecule has 2 heterocycles. The Hall–Kier alpha value is -3.39. The smallest absolute Gasteiger partial charge is 0.283 e. The zero-order chi connectivity index (χ0) is 21.3. The molecule has 0 saturated carbocycles. The second-order valence-electron chi connectivity index (χ2n) is 7.06. The summed E-state index contributed by atoms with van der Waals surface area (Å²) in [6.45, 7) is 5.89. The van der Waals surface area contributed by atoms with E-state index in [2.05, 4.69) is 21.9 Å². The van der Waals surface area contributed by atoms with Crippen molar-refractivity contribution in [1.82, 2.24) is 15.8 Å². The first-order chi connectivity index (χ1) is 14.4. The third kappa shape index (κ3) is 3.99. The number of carbonyl (C=O) groups is 2. The Morgan fingerprint density at radius 3 is 2.60 bits per heavy atom. The van der Waals surface area contributed by atoms with Crippen molar-refractivity contribution in [3.8, 4) is 22.1 Å². The number of benzene rings is 2. The van der Waals surface area contributed by atoms with Crippen molar-refractivity contribution in [2.45, 2.75) is 26.9 Å². The van der Waals surface area contributed by atoms with Crippen LogP contribution in [0.4, 0.5) is 0 Å². The van der Waals surface area contributed by atoms with Crippen molar-refractivity contribution < 1.29 is 19.1 Å². The molecule has 1 aliphatic rings. The molecule has 0 fully saturated rings. The monoisotopic (exact) mass is 423 g/mol. The fourth-order valence-electron chi connectivity index (χ4n) is 3.18. The molecular formula is C22H21N3O4S. The van der Waals surface area contributed by atoms with E-state index in [9.17, 15) is 9.59 Å². The molecule has 0 bridgehead atoms. The van der Waals surface area contributed by atoms with E-state index in [4.69, 9.17) is 9.47 Å². The van der Waals surface area contributed by atoms with Crippen LogP contribution >= 0.6 is 11.3 Å². The number of amides is 2. The van der Waals surface area contributed by atoms with Crippen LogP contribution in [0.3, 0.4) is 0 Å². The number of hydrogen-bond acceptors (Lipinski definition) is 6. The number of carbonyl (C=O) groups excluding carboxylic acids is 2. The predicted molar refractivity (Wildman–Crippen MR) is 114 cm³/mol. The van der Waals surface area contributed by atoms with Crippen LogP contribution in [0.1, 0.15) is 26.5 Å². The number of para-hydroxylation sites is 2. The highest BCUT2D eigenvalue weighted by atomic mass is 32.1. The molecule has 0 saturated heterocycles. The molecule has 2 amide bonds. The number of aromatic nitrogens is 1. The Kier molecular flexibility index (Phi) is 5.41. The molecular weight excluding hydrogens is 402 g/mol. The highest BCUT2D eigenvalue weighted by molar-refractivity contribution is 7.17. The zero-order valence-electron chi connectivity index (χ0n) is 16.8. The Morgan fingerprint density at radius 1 is 1.07 bits per heavy atom. The number of rotatable bonds is 3. The topological polar surface area (TPSA) is 89.6 Å². The summed E-state index contributed by atoms with van der Waals surface area (Å²) in [6.07, 6.45) is -0.853. The molecule has 0 aliphatic carbocycles. The predicted octanol–water partition coefficient (Wildman–Crippen LogP) is 3.34. The number of nitrogens with one attached hydrogen (secondary N) is 2. The van der Waals surface area contributed by atoms with E-state index in [-0.39, 0.29) is 6.61 Å². The number of aryl methyl sites for hydroxylation is 3. The van der Waals surface area contributed by atoms with Crippen molar-refractivity contribution >= 4 is 23.2 Å². The standard InChI is InChI=1S/C22H21N3O4S/c1-12-8-9-15(13(2)10-12)22-23-14(3)19(30-22)21(27)25-24-20(26)18-11-28-16-6-4-5-7-17(16)29-18/h4-10,18H,11H2,1-3H3,(H,24,26)(H,25,27). The lowest BCUT2D eigenvalue weighted by Gasteiger charge is -2.25. The summed E-state index contributed by atoms with van der Waals surface area (Å²) in [7, 11) is 0. The van der Waals surface area contributed by atoms with E-state index in [0.29, 0.717) is 22.1 Å². The van der Waals surface area contributed by atoms with Gasteiger partial charge in [0.2, 0.25) is 6.10 Å². The molecule has 8 heteroatoms. The number of ether oxygens (including phenoxy) is 2. The summed E-state index contributed by atoms with van der Waals surface area (Å²) in [5.41, 5.74) is 8.72. The van der Waals surface area contributed by atoms with Crippen LogP contribution in [-0.4, -0.2) is 29.5 Å². The largest absolute Gasteiger partial charge is 0.485 e. The minimum atomic E-state index is -0.853. The van der Waals surface area contributed by atoms with Gasteiger partial charge in [-0.15, -0.1) is 11.3 Å². The molecule has 154 valence electrons. The second-order valence-corrected chi connectivity index (χ2v) is 8.06. The maximum absolute atomic E-state index is 12.6. The van der Waals surface area contributed by atoms with Gasteiger partial charge in [-0.25, -0.2) is 4.98 Å². The van der Waals surface area contributed by atoms with Crippen LogP contribution in [0.5, 0.6) is 11.5 Å². The molecule has 2 N–H and O–H groups in total. The molecule has 0 spiro atoms. The van der Waals surface area contributed by atoms with Crippen molar-refractivity contribution in [1.29, 1.82) is 0 Å². The maximum atomic E-state index is 12.6. The molecule has 2 aromatic carbocycles. The summed E-state index contributed by atoms with van der Waals surface area (Å²) in [5.74, 6) is 0.164. The fraction of sp³-hybridized carbons (Fsp3) is 0.227. The average Bonchev–Trinajstić information content (AvgIpc) is 3.12. The second kappa shape index (κ2) is 8.16. The molecule has 0 radical (unpaired) electrons. The summed E-state index contributed by atoms with van der Waals surface area (Å²) >= 11 is 1.29. The van der Waals surface area contributed by atoms with E-state index < -0.39 is 17.9 Å². The van der Waals surface area contributed by atoms with Crippen LogP contribution in [-0.2, 0) is 4.79 Å². The Morgan fingerprint density at radius 2 is 1.83 bits per heavy atom. The zero-order valence-corrected chi connectivity index (χ0v) is 17.6. The van der Waals surface area contributed by atoms with Crippen molar-refractivity contribution in [3.05, 3.63) is 64.2 Å². The van der Waals surface area contributed by atoms with E-state index in [0.717, 1.165) is 16.1 Å². The van der Waals surface area contributed by atoms with Gasteiger partial charge >= 0.3 is 0 Å². The van der Waals surface area contributed by atoms with Gasteiger partial charge in [0.15, 0.2) is 11.5 Å². The van der Waals surface area contributed by atoms with Gasteiger partial charge in [-0.05, 0) is 38.5 Å². The molecule has 1 aliphatic heterocycles. The van der Waals surface area contributed by atoms with Gasteiger partial charge in [0.25, 0.3) is 11.8 Å². The third-order valence-corrected chi connectivity index (χ3v) is 5.90. The third-order valence-electron chi connectivity index (χ3n) is 4.72. The molecule has 1 aromatic heterocycles. The summed E-state index contributed by atoms with van der Waals surface area (Å²) in [4.78, 5) is 30.0. The normalized spacial score (nSPS) is 14.8. The number of hydrazine groups is 1. The van der Waals surface area contributed by atoms with Gasteiger partial charge < -0.3 is 9.47 Å². The van der Waals surface area contributed by atoms with E-state index >= 15 is 0 Å². The Balaban J connectivity index is 1.41. The lowest BCUT2D eigenvalue weighted by molar-refractivity contribution is -0.131. The van der Waals surface area contributed by atoms with Gasteiger partial charge in [0.1, 0.15) is 16.5 Å². The first kappa shape index (κ1) is 19.9. The first-order valence-electron chi connectivity index (χ1n) is 9.46. The summed E-state index contributed by atoms with van der Waals surface area (Å²) in [6, 6.07) is 13.2. The fourth-order valence-corrected chi connectivity index (χ4v) is 4.23. The Labute approximate surface area is 178 Å². The SMILES string of the molecule is Cc1ccc(-c2nc(C)c(C(=O)NNC(=O)C3COc4ccccc4O3)s2)c(C)c1. The lowest BCUT2D eigenvalue weighted by Crippen LogP contribution is -2.50. The minimum absolute atomic E-state index is 0.0646. The average molecular weight is 423 g/mol. The number of nitrogens with zero attached hydrogens (tertiary/aromatic N) is 1. The number of thiazole rings is 1. The minimum Gasteiger partial charge on any atom is -0.485 e. The molecule has 30 heavy (non-hydrogen) atoms.